The van der Waals surface area contributed by atoms with Crippen LogP contribution in [-0.4, -0.2) is 50.9 Å². The van der Waals surface area contributed by atoms with Crippen LogP contribution in [0.1, 0.15) is 71.6 Å². The zero-order valence-corrected chi connectivity index (χ0v) is 18.9. The number of carbonyl (C=O) groups is 3. The van der Waals surface area contributed by atoms with E-state index in [-0.39, 0.29) is 36.4 Å². The van der Waals surface area contributed by atoms with Crippen molar-refractivity contribution in [1.82, 2.24) is 19.8 Å². The molecule has 0 radical (unpaired) electrons. The summed E-state index contributed by atoms with van der Waals surface area (Å²) in [5.41, 5.74) is 1.13. The van der Waals surface area contributed by atoms with Crippen molar-refractivity contribution in [2.24, 2.45) is 0 Å². The molecule has 1 saturated carbocycles. The van der Waals surface area contributed by atoms with Crippen LogP contribution in [0, 0.1) is 0 Å². The number of nitrogens with zero attached hydrogens (tertiary/aromatic N) is 3. The summed E-state index contributed by atoms with van der Waals surface area (Å²) in [4.78, 5) is 45.1. The van der Waals surface area contributed by atoms with Crippen LogP contribution < -0.4 is 5.32 Å². The number of aryl methyl sites for hydroxylation is 1. The fourth-order valence-electron chi connectivity index (χ4n) is 4.66. The highest BCUT2D eigenvalue weighted by atomic mass is 16.5. The number of amides is 2. The molecule has 1 aliphatic heterocycles. The number of fused-ring (bicyclic) bond motifs is 1. The number of carbonyl (C=O) groups excluding carboxylic acids is 3. The fraction of sp³-hybridized carbons (Fsp3) is 0.500. The van der Waals surface area contributed by atoms with Crippen LogP contribution in [0.5, 0.6) is 0 Å². The first kappa shape index (κ1) is 22.0. The van der Waals surface area contributed by atoms with Crippen molar-refractivity contribution in [2.75, 3.05) is 7.11 Å². The molecule has 1 aromatic heterocycles. The van der Waals surface area contributed by atoms with Crippen molar-refractivity contribution in [3.05, 3.63) is 53.1 Å². The largest absolute Gasteiger partial charge is 0.464 e. The Hall–Kier alpha value is -3.16. The van der Waals surface area contributed by atoms with Gasteiger partial charge in [-0.15, -0.1) is 0 Å². The molecule has 1 unspecified atom stereocenters. The van der Waals surface area contributed by atoms with E-state index in [1.54, 1.807) is 16.4 Å². The summed E-state index contributed by atoms with van der Waals surface area (Å²) in [6.45, 7) is 4.34. The maximum absolute atomic E-state index is 13.7. The van der Waals surface area contributed by atoms with Crippen molar-refractivity contribution >= 4 is 17.8 Å². The summed E-state index contributed by atoms with van der Waals surface area (Å²) in [5.74, 6) is -1.25. The Labute approximate surface area is 187 Å². The molecule has 0 spiro atoms. The number of nitrogens with one attached hydrogen (secondary N) is 1. The number of rotatable bonds is 6. The van der Waals surface area contributed by atoms with E-state index >= 15 is 0 Å². The van der Waals surface area contributed by atoms with Gasteiger partial charge < -0.3 is 19.5 Å². The van der Waals surface area contributed by atoms with E-state index in [0.717, 1.165) is 37.7 Å². The third kappa shape index (κ3) is 3.89. The molecular weight excluding hydrogens is 408 g/mol. The average molecular weight is 439 g/mol. The number of esters is 1. The van der Waals surface area contributed by atoms with Gasteiger partial charge >= 0.3 is 5.97 Å². The lowest BCUT2D eigenvalue weighted by Crippen LogP contribution is -2.64. The number of benzene rings is 1. The van der Waals surface area contributed by atoms with Crippen molar-refractivity contribution in [3.63, 3.8) is 0 Å². The summed E-state index contributed by atoms with van der Waals surface area (Å²) in [7, 11) is 1.26. The Balaban J connectivity index is 1.71. The quantitative estimate of drug-likeness (QED) is 0.700. The maximum atomic E-state index is 13.7. The van der Waals surface area contributed by atoms with Gasteiger partial charge in [0.1, 0.15) is 11.2 Å². The Bertz CT molecular complexity index is 1020. The first-order valence-electron chi connectivity index (χ1n) is 11.2. The Kier molecular flexibility index (Phi) is 6.04. The second-order valence-corrected chi connectivity index (χ2v) is 8.85. The van der Waals surface area contributed by atoms with Crippen LogP contribution in [-0.2, 0) is 29.0 Å². The summed E-state index contributed by atoms with van der Waals surface area (Å²) < 4.78 is 6.41. The third-order valence-electron chi connectivity index (χ3n) is 6.69. The van der Waals surface area contributed by atoms with Crippen molar-refractivity contribution in [2.45, 2.75) is 70.6 Å². The fourth-order valence-corrected chi connectivity index (χ4v) is 4.66. The highest BCUT2D eigenvalue weighted by Gasteiger charge is 2.49. The first-order valence-corrected chi connectivity index (χ1v) is 11.2. The van der Waals surface area contributed by atoms with Gasteiger partial charge in [-0.25, -0.2) is 9.78 Å². The number of ether oxygens (including phenoxy) is 1. The lowest BCUT2D eigenvalue weighted by molar-refractivity contribution is -0.134. The zero-order valence-electron chi connectivity index (χ0n) is 18.9. The normalized spacial score (nSPS) is 20.8. The lowest BCUT2D eigenvalue weighted by Gasteiger charge is -2.44. The summed E-state index contributed by atoms with van der Waals surface area (Å²) in [6, 6.07) is 8.16. The smallest absolute Gasteiger partial charge is 0.359 e. The van der Waals surface area contributed by atoms with E-state index in [0.29, 0.717) is 0 Å². The molecule has 1 aromatic carbocycles. The van der Waals surface area contributed by atoms with E-state index in [1.165, 1.54) is 19.0 Å². The summed E-state index contributed by atoms with van der Waals surface area (Å²) >= 11 is 0. The SMILES string of the molecule is CCc1ccc(CN2C(=O)c3c(C(=O)OC)ncn3CC2(C)C(=O)NC2CCCC2)cc1. The molecule has 2 heterocycles. The Morgan fingerprint density at radius 3 is 2.47 bits per heavy atom. The van der Waals surface area contributed by atoms with Gasteiger partial charge in [-0.3, -0.25) is 9.59 Å². The van der Waals surface area contributed by atoms with Crippen molar-refractivity contribution in [3.8, 4) is 0 Å². The van der Waals surface area contributed by atoms with Gasteiger partial charge in [0.05, 0.1) is 20.0 Å². The maximum Gasteiger partial charge on any atom is 0.359 e. The predicted molar refractivity (Wildman–Crippen MR) is 118 cm³/mol. The lowest BCUT2D eigenvalue weighted by atomic mass is 9.93. The van der Waals surface area contributed by atoms with Crippen LogP contribution >= 0.6 is 0 Å². The van der Waals surface area contributed by atoms with Crippen LogP contribution in [0.15, 0.2) is 30.6 Å². The second-order valence-electron chi connectivity index (χ2n) is 8.85. The molecule has 2 amide bonds. The number of methoxy groups -OCH3 is 1. The van der Waals surface area contributed by atoms with E-state index in [9.17, 15) is 14.4 Å². The van der Waals surface area contributed by atoms with Gasteiger partial charge in [-0.2, -0.15) is 0 Å². The Morgan fingerprint density at radius 2 is 1.84 bits per heavy atom. The number of hydrogen-bond donors (Lipinski definition) is 1. The van der Waals surface area contributed by atoms with E-state index < -0.39 is 17.4 Å². The molecule has 1 N–H and O–H groups in total. The molecule has 4 rings (SSSR count). The third-order valence-corrected chi connectivity index (χ3v) is 6.69. The van der Waals surface area contributed by atoms with Gasteiger partial charge in [-0.1, -0.05) is 44.0 Å². The van der Waals surface area contributed by atoms with E-state index in [4.69, 9.17) is 4.74 Å². The van der Waals surface area contributed by atoms with Crippen LogP contribution in [0.4, 0.5) is 0 Å². The van der Waals surface area contributed by atoms with Crippen molar-refractivity contribution < 1.29 is 19.1 Å². The van der Waals surface area contributed by atoms with Crippen molar-refractivity contribution in [1.29, 1.82) is 0 Å². The van der Waals surface area contributed by atoms with Crippen LogP contribution in [0.3, 0.4) is 0 Å². The molecule has 170 valence electrons. The predicted octanol–water partition coefficient (Wildman–Crippen LogP) is 2.71. The van der Waals surface area contributed by atoms with Gasteiger partial charge in [0.2, 0.25) is 5.91 Å². The molecule has 8 heteroatoms. The summed E-state index contributed by atoms with van der Waals surface area (Å²) in [6.07, 6.45) is 6.47. The highest BCUT2D eigenvalue weighted by molar-refractivity contribution is 6.06. The number of hydrogen-bond acceptors (Lipinski definition) is 5. The molecule has 2 aliphatic rings. The van der Waals surface area contributed by atoms with Crippen LogP contribution in [0.2, 0.25) is 0 Å². The zero-order chi connectivity index (χ0) is 22.9. The van der Waals surface area contributed by atoms with Gasteiger partial charge in [0.15, 0.2) is 5.69 Å². The average Bonchev–Trinajstić information content (AvgIpc) is 3.46. The molecule has 1 atom stereocenters. The molecule has 2 aromatic rings. The van der Waals surface area contributed by atoms with E-state index in [1.807, 2.05) is 24.3 Å². The highest BCUT2D eigenvalue weighted by Crippen LogP contribution is 2.31. The first-order chi connectivity index (χ1) is 15.4. The molecule has 1 aliphatic carbocycles. The van der Waals surface area contributed by atoms with Gasteiger partial charge in [0, 0.05) is 12.6 Å². The minimum absolute atomic E-state index is 0.0259. The summed E-state index contributed by atoms with van der Waals surface area (Å²) in [5, 5.41) is 3.16. The van der Waals surface area contributed by atoms with Gasteiger partial charge in [0.25, 0.3) is 5.91 Å². The van der Waals surface area contributed by atoms with Gasteiger partial charge in [-0.05, 0) is 37.3 Å². The topological polar surface area (TPSA) is 93.5 Å². The molecule has 0 bridgehead atoms. The minimum Gasteiger partial charge on any atom is -0.464 e. The van der Waals surface area contributed by atoms with Crippen LogP contribution in [0.25, 0.3) is 0 Å². The number of imidazole rings is 1. The monoisotopic (exact) mass is 438 g/mol. The molecular formula is C24H30N4O4. The number of aromatic nitrogens is 2. The molecule has 8 nitrogen and oxygen atoms in total. The molecule has 32 heavy (non-hydrogen) atoms. The molecule has 1 fully saturated rings. The molecule has 0 saturated heterocycles. The van der Waals surface area contributed by atoms with E-state index in [2.05, 4.69) is 17.2 Å². The minimum atomic E-state index is -1.12. The standard InChI is InChI=1S/C24H30N4O4/c1-4-16-9-11-17(12-10-16)13-28-21(29)20-19(22(30)32-3)25-15-27(20)14-24(28,2)23(31)26-18-7-5-6-8-18/h9-12,15,18H,4-8,13-14H2,1-3H3,(H,26,31). The Morgan fingerprint density at radius 1 is 1.19 bits per heavy atom. The second kappa shape index (κ2) is 8.76.